The van der Waals surface area contributed by atoms with Crippen molar-refractivity contribution in [3.8, 4) is 5.75 Å². The zero-order chi connectivity index (χ0) is 13.8. The summed E-state index contributed by atoms with van der Waals surface area (Å²) < 4.78 is 6.23. The molecule has 0 radical (unpaired) electrons. The predicted octanol–water partition coefficient (Wildman–Crippen LogP) is 4.32. The van der Waals surface area contributed by atoms with Crippen molar-refractivity contribution in [2.75, 3.05) is 12.4 Å². The number of anilines is 2. The van der Waals surface area contributed by atoms with E-state index in [2.05, 4.69) is 21.2 Å². The number of hydrogen-bond donors (Lipinski definition) is 1. The number of benzene rings is 2. The van der Waals surface area contributed by atoms with Crippen LogP contribution in [0.1, 0.15) is 15.9 Å². The van der Waals surface area contributed by atoms with Crippen molar-refractivity contribution in [3.63, 3.8) is 0 Å². The summed E-state index contributed by atoms with van der Waals surface area (Å²) in [7, 11) is 1.58. The van der Waals surface area contributed by atoms with Crippen LogP contribution in [-0.4, -0.2) is 13.4 Å². The van der Waals surface area contributed by atoms with Crippen LogP contribution >= 0.6 is 15.9 Å². The lowest BCUT2D eigenvalue weighted by Crippen LogP contribution is -1.99. The second-order valence-electron chi connectivity index (χ2n) is 4.15. The van der Waals surface area contributed by atoms with Gasteiger partial charge < -0.3 is 10.1 Å². The van der Waals surface area contributed by atoms with Crippen LogP contribution in [0.2, 0.25) is 0 Å². The molecule has 0 saturated heterocycles. The molecule has 0 aliphatic rings. The molecule has 0 bridgehead atoms. The highest BCUT2D eigenvalue weighted by molar-refractivity contribution is 9.10. The molecule has 19 heavy (non-hydrogen) atoms. The molecule has 0 fully saturated rings. The fraction of sp³-hybridized carbons (Fsp3) is 0.133. The van der Waals surface area contributed by atoms with Crippen molar-refractivity contribution in [2.24, 2.45) is 0 Å². The number of para-hydroxylation sites is 1. The highest BCUT2D eigenvalue weighted by Gasteiger charge is 2.10. The minimum absolute atomic E-state index is 0.562. The Morgan fingerprint density at radius 2 is 2.05 bits per heavy atom. The summed E-state index contributed by atoms with van der Waals surface area (Å²) in [5.74, 6) is 0.636. The Bertz CT molecular complexity index is 611. The molecule has 1 N–H and O–H groups in total. The van der Waals surface area contributed by atoms with Crippen LogP contribution in [0, 0.1) is 6.92 Å². The second-order valence-corrected chi connectivity index (χ2v) is 5.00. The largest absolute Gasteiger partial charge is 0.495 e. The fourth-order valence-corrected chi connectivity index (χ4v) is 2.40. The van der Waals surface area contributed by atoms with Crippen LogP contribution in [0.3, 0.4) is 0 Å². The van der Waals surface area contributed by atoms with E-state index in [4.69, 9.17) is 4.74 Å². The summed E-state index contributed by atoms with van der Waals surface area (Å²) in [5.41, 5.74) is 3.28. The molecular weight excluding hydrogens is 306 g/mol. The van der Waals surface area contributed by atoms with Crippen LogP contribution in [0.4, 0.5) is 11.4 Å². The summed E-state index contributed by atoms with van der Waals surface area (Å²) >= 11 is 3.51. The van der Waals surface area contributed by atoms with E-state index < -0.39 is 0 Å². The third-order valence-corrected chi connectivity index (χ3v) is 3.45. The van der Waals surface area contributed by atoms with Gasteiger partial charge in [0.2, 0.25) is 0 Å². The number of aldehydes is 1. The Morgan fingerprint density at radius 1 is 1.26 bits per heavy atom. The van der Waals surface area contributed by atoms with E-state index in [-0.39, 0.29) is 0 Å². The van der Waals surface area contributed by atoms with Gasteiger partial charge in [0, 0.05) is 10.0 Å². The molecule has 0 amide bonds. The van der Waals surface area contributed by atoms with Crippen molar-refractivity contribution in [3.05, 3.63) is 52.0 Å². The van der Waals surface area contributed by atoms with Crippen LogP contribution in [0.25, 0.3) is 0 Å². The van der Waals surface area contributed by atoms with E-state index in [0.717, 1.165) is 22.0 Å². The molecular formula is C15H14BrNO2. The molecule has 0 atom stereocenters. The van der Waals surface area contributed by atoms with Crippen molar-refractivity contribution in [1.82, 2.24) is 0 Å². The van der Waals surface area contributed by atoms with Crippen molar-refractivity contribution in [2.45, 2.75) is 6.92 Å². The first-order chi connectivity index (χ1) is 9.15. The standard InChI is InChI=1S/C15H14BrNO2/c1-10-6-7-13(12(16)8-10)17-15-11(9-18)4-3-5-14(15)19-2/h3-9,17H,1-2H3. The van der Waals surface area contributed by atoms with Crippen molar-refractivity contribution in [1.29, 1.82) is 0 Å². The van der Waals surface area contributed by atoms with E-state index >= 15 is 0 Å². The number of rotatable bonds is 4. The predicted molar refractivity (Wildman–Crippen MR) is 80.5 cm³/mol. The Morgan fingerprint density at radius 3 is 2.68 bits per heavy atom. The van der Waals surface area contributed by atoms with Gasteiger partial charge in [-0.2, -0.15) is 0 Å². The third kappa shape index (κ3) is 2.96. The Kier molecular flexibility index (Phi) is 4.22. The summed E-state index contributed by atoms with van der Waals surface area (Å²) in [6.45, 7) is 2.02. The number of halogens is 1. The molecule has 4 heteroatoms. The number of ether oxygens (including phenoxy) is 1. The minimum Gasteiger partial charge on any atom is -0.495 e. The number of carbonyl (C=O) groups excluding carboxylic acids is 1. The molecule has 2 aromatic rings. The average molecular weight is 320 g/mol. The fourth-order valence-electron chi connectivity index (χ4n) is 1.81. The monoisotopic (exact) mass is 319 g/mol. The van der Waals surface area contributed by atoms with E-state index in [1.807, 2.05) is 31.2 Å². The first kappa shape index (κ1) is 13.6. The third-order valence-electron chi connectivity index (χ3n) is 2.79. The van der Waals surface area contributed by atoms with Gasteiger partial charge in [-0.1, -0.05) is 12.1 Å². The molecule has 0 spiro atoms. The van der Waals surface area contributed by atoms with Crippen molar-refractivity contribution < 1.29 is 9.53 Å². The van der Waals surface area contributed by atoms with Gasteiger partial charge in [0.15, 0.2) is 6.29 Å². The normalized spacial score (nSPS) is 10.1. The topological polar surface area (TPSA) is 38.3 Å². The Balaban J connectivity index is 2.45. The molecule has 0 unspecified atom stereocenters. The van der Waals surface area contributed by atoms with Crippen LogP contribution in [-0.2, 0) is 0 Å². The minimum atomic E-state index is 0.562. The van der Waals surface area contributed by atoms with E-state index in [0.29, 0.717) is 17.0 Å². The first-order valence-corrected chi connectivity index (χ1v) is 6.60. The number of methoxy groups -OCH3 is 1. The zero-order valence-corrected chi connectivity index (χ0v) is 12.3. The maximum absolute atomic E-state index is 11.1. The second kappa shape index (κ2) is 5.89. The summed E-state index contributed by atoms with van der Waals surface area (Å²) in [4.78, 5) is 11.1. The molecule has 2 rings (SSSR count). The Labute approximate surface area is 120 Å². The van der Waals surface area contributed by atoms with Crippen LogP contribution in [0.15, 0.2) is 40.9 Å². The van der Waals surface area contributed by atoms with Gasteiger partial charge >= 0.3 is 0 Å². The van der Waals surface area contributed by atoms with Gasteiger partial charge in [-0.05, 0) is 52.7 Å². The molecule has 2 aromatic carbocycles. The quantitative estimate of drug-likeness (QED) is 0.853. The van der Waals surface area contributed by atoms with E-state index in [1.54, 1.807) is 19.2 Å². The summed E-state index contributed by atoms with van der Waals surface area (Å²) in [6.07, 6.45) is 0.812. The van der Waals surface area contributed by atoms with Gasteiger partial charge in [0.1, 0.15) is 5.75 Å². The maximum Gasteiger partial charge on any atom is 0.152 e. The lowest BCUT2D eigenvalue weighted by molar-refractivity contribution is 0.112. The van der Waals surface area contributed by atoms with Gasteiger partial charge in [0.05, 0.1) is 18.5 Å². The molecule has 0 aromatic heterocycles. The number of aryl methyl sites for hydroxylation is 1. The summed E-state index contributed by atoms with van der Waals surface area (Å²) in [6, 6.07) is 11.3. The lowest BCUT2D eigenvalue weighted by atomic mass is 10.1. The lowest BCUT2D eigenvalue weighted by Gasteiger charge is -2.14. The number of carbonyl (C=O) groups is 1. The SMILES string of the molecule is COc1cccc(C=O)c1Nc1ccc(C)cc1Br. The number of hydrogen-bond acceptors (Lipinski definition) is 3. The average Bonchev–Trinajstić information content (AvgIpc) is 2.42. The zero-order valence-electron chi connectivity index (χ0n) is 10.7. The Hall–Kier alpha value is -1.81. The molecule has 0 aliphatic carbocycles. The summed E-state index contributed by atoms with van der Waals surface area (Å²) in [5, 5.41) is 3.24. The molecule has 3 nitrogen and oxygen atoms in total. The molecule has 98 valence electrons. The van der Waals surface area contributed by atoms with Gasteiger partial charge in [-0.15, -0.1) is 0 Å². The highest BCUT2D eigenvalue weighted by atomic mass is 79.9. The van der Waals surface area contributed by atoms with E-state index in [9.17, 15) is 4.79 Å². The van der Waals surface area contributed by atoms with Gasteiger partial charge in [-0.3, -0.25) is 4.79 Å². The molecule has 0 saturated carbocycles. The van der Waals surface area contributed by atoms with Gasteiger partial charge in [-0.25, -0.2) is 0 Å². The molecule has 0 heterocycles. The van der Waals surface area contributed by atoms with E-state index in [1.165, 1.54) is 0 Å². The number of nitrogens with one attached hydrogen (secondary N) is 1. The highest BCUT2D eigenvalue weighted by Crippen LogP contribution is 2.33. The first-order valence-electron chi connectivity index (χ1n) is 5.81. The van der Waals surface area contributed by atoms with Crippen LogP contribution in [0.5, 0.6) is 5.75 Å². The smallest absolute Gasteiger partial charge is 0.152 e. The van der Waals surface area contributed by atoms with Crippen molar-refractivity contribution >= 4 is 33.6 Å². The van der Waals surface area contributed by atoms with Gasteiger partial charge in [0.25, 0.3) is 0 Å². The van der Waals surface area contributed by atoms with Crippen LogP contribution < -0.4 is 10.1 Å². The maximum atomic E-state index is 11.1. The molecule has 0 aliphatic heterocycles.